The van der Waals surface area contributed by atoms with Gasteiger partial charge in [-0.25, -0.2) is 0 Å². The SMILES string of the molecule is C[I-]C(C(=O)OC1OCC2C3CCC(C3)C12)C12[B]I1[B]2. The molecular weight excluding hydrogens is 480 g/mol. The standard InChI is InChI=1S/C13H17B2I2O3/c1-16-10(13-14-17(13)15-13)11(18)20-12-9-7-3-2-6(4-7)8(9)5-19-12/h6-10,12H,2-5H2,1H3/q-1. The zero-order valence-corrected chi connectivity index (χ0v) is 15.7. The molecule has 0 N–H and O–H groups in total. The average Bonchev–Trinajstić information content (AvgIpc) is 3.03. The normalized spacial score (nSPS) is 48.0. The molecular formula is C13H17B2I2O3-. The number of halogens is 2. The molecule has 6 atom stereocenters. The van der Waals surface area contributed by atoms with Crippen LogP contribution in [0.3, 0.4) is 0 Å². The third-order valence-electron chi connectivity index (χ3n) is 5.82. The van der Waals surface area contributed by atoms with Gasteiger partial charge < -0.3 is 0 Å². The Hall–Kier alpha value is 1.02. The number of carbonyl (C=O) groups excluding carboxylic acids is 1. The van der Waals surface area contributed by atoms with Crippen molar-refractivity contribution < 1.29 is 35.5 Å². The van der Waals surface area contributed by atoms with Gasteiger partial charge in [0.2, 0.25) is 0 Å². The topological polar surface area (TPSA) is 35.5 Å². The monoisotopic (exact) mass is 497 g/mol. The van der Waals surface area contributed by atoms with Crippen molar-refractivity contribution in [1.82, 2.24) is 0 Å². The number of ether oxygens (including phenoxy) is 2. The van der Waals surface area contributed by atoms with Gasteiger partial charge in [0, 0.05) is 0 Å². The van der Waals surface area contributed by atoms with Gasteiger partial charge in [-0.3, -0.25) is 0 Å². The predicted molar refractivity (Wildman–Crippen MR) is 81.6 cm³/mol. The molecule has 2 radical (unpaired) electrons. The molecule has 2 aliphatic carbocycles. The number of hydrogen-bond donors (Lipinski definition) is 0. The van der Waals surface area contributed by atoms with Gasteiger partial charge in [-0.15, -0.1) is 0 Å². The quantitative estimate of drug-likeness (QED) is 0.197. The predicted octanol–water partition coefficient (Wildman–Crippen LogP) is -1.94. The zero-order valence-electron chi connectivity index (χ0n) is 11.4. The van der Waals surface area contributed by atoms with Gasteiger partial charge in [-0.1, -0.05) is 0 Å². The van der Waals surface area contributed by atoms with Gasteiger partial charge in [0.25, 0.3) is 0 Å². The van der Waals surface area contributed by atoms with Crippen molar-refractivity contribution in [3.63, 3.8) is 0 Å². The van der Waals surface area contributed by atoms with E-state index in [0.29, 0.717) is 15.1 Å². The number of esters is 1. The van der Waals surface area contributed by atoms with Crippen LogP contribution < -0.4 is 21.2 Å². The molecule has 2 bridgehead atoms. The van der Waals surface area contributed by atoms with Gasteiger partial charge in [-0.05, 0) is 0 Å². The van der Waals surface area contributed by atoms with E-state index >= 15 is 0 Å². The van der Waals surface area contributed by atoms with E-state index in [1.54, 1.807) is 0 Å². The molecule has 20 heavy (non-hydrogen) atoms. The summed E-state index contributed by atoms with van der Waals surface area (Å²) in [7, 11) is 0. The van der Waals surface area contributed by atoms with Crippen molar-refractivity contribution >= 4 is 35.6 Å². The zero-order chi connectivity index (χ0) is 13.5. The van der Waals surface area contributed by atoms with Crippen LogP contribution in [0.4, 0.5) is 0 Å². The second-order valence-electron chi connectivity index (χ2n) is 6.68. The van der Waals surface area contributed by atoms with Crippen molar-refractivity contribution in [3.05, 3.63) is 0 Å². The Kier molecular flexibility index (Phi) is 3.04. The van der Waals surface area contributed by atoms with Crippen molar-refractivity contribution in [3.8, 4) is 0 Å². The molecule has 7 heteroatoms. The second kappa shape index (κ2) is 4.52. The second-order valence-corrected chi connectivity index (χ2v) is 14.3. The molecule has 3 saturated heterocycles. The Balaban J connectivity index is 1.29. The summed E-state index contributed by atoms with van der Waals surface area (Å²) in [6.07, 6.45) is 3.85. The summed E-state index contributed by atoms with van der Waals surface area (Å²) in [5.41, 5.74) is 0. The Morgan fingerprint density at radius 3 is 2.90 bits per heavy atom. The third kappa shape index (κ3) is 1.77. The molecule has 0 aromatic carbocycles. The third-order valence-corrected chi connectivity index (χ3v) is 15.3. The van der Waals surface area contributed by atoms with Crippen LogP contribution in [-0.4, -0.2) is 41.2 Å². The molecule has 0 aromatic rings. The van der Waals surface area contributed by atoms with Gasteiger partial charge in [0.1, 0.15) is 0 Å². The Labute approximate surface area is 138 Å². The van der Waals surface area contributed by atoms with E-state index in [1.165, 1.54) is 19.3 Å². The van der Waals surface area contributed by atoms with Crippen LogP contribution in [0.1, 0.15) is 19.3 Å². The Bertz CT molecular complexity index is 471. The Morgan fingerprint density at radius 2 is 2.20 bits per heavy atom. The first-order valence-electron chi connectivity index (χ1n) is 7.42. The van der Waals surface area contributed by atoms with E-state index < -0.39 is 19.4 Å². The molecule has 2 saturated carbocycles. The van der Waals surface area contributed by atoms with Crippen molar-refractivity contribution in [2.24, 2.45) is 23.7 Å². The molecule has 5 fully saturated rings. The van der Waals surface area contributed by atoms with Crippen LogP contribution in [0.2, 0.25) is 0 Å². The number of carbonyl (C=O) groups is 1. The van der Waals surface area contributed by atoms with E-state index in [0.717, 1.165) is 18.4 Å². The van der Waals surface area contributed by atoms with E-state index in [2.05, 4.69) is 15.2 Å². The molecule has 3 nitrogen and oxygen atoms in total. The summed E-state index contributed by atoms with van der Waals surface area (Å²) >= 11 is -0.878. The molecule has 0 aromatic heterocycles. The van der Waals surface area contributed by atoms with Gasteiger partial charge in [-0.2, -0.15) is 0 Å². The van der Waals surface area contributed by atoms with Crippen LogP contribution in [0.15, 0.2) is 0 Å². The molecule has 5 rings (SSSR count). The molecule has 0 spiro atoms. The first-order valence-corrected chi connectivity index (χ1v) is 14.4. The van der Waals surface area contributed by atoms with E-state index in [1.807, 2.05) is 0 Å². The van der Waals surface area contributed by atoms with Gasteiger partial charge >= 0.3 is 139 Å². The van der Waals surface area contributed by atoms with Gasteiger partial charge in [0.05, 0.1) is 0 Å². The first-order chi connectivity index (χ1) is 9.73. The molecule has 108 valence electrons. The van der Waals surface area contributed by atoms with Crippen molar-refractivity contribution in [2.45, 2.75) is 32.7 Å². The number of fused-ring (bicyclic) bond motifs is 6. The van der Waals surface area contributed by atoms with E-state index in [9.17, 15) is 4.79 Å². The van der Waals surface area contributed by atoms with Crippen LogP contribution >= 0.6 is 19.4 Å². The summed E-state index contributed by atoms with van der Waals surface area (Å²) in [4.78, 5) is 14.8. The van der Waals surface area contributed by atoms with Crippen molar-refractivity contribution in [1.29, 1.82) is 0 Å². The fraction of sp³-hybridized carbons (Fsp3) is 0.923. The number of rotatable bonds is 4. The average molecular weight is 497 g/mol. The first kappa shape index (κ1) is 13.5. The fourth-order valence-corrected chi connectivity index (χ4v) is 16.6. The van der Waals surface area contributed by atoms with Crippen LogP contribution in [-0.2, 0) is 14.3 Å². The fourth-order valence-electron chi connectivity index (χ4n) is 4.70. The summed E-state index contributed by atoms with van der Waals surface area (Å²) in [6, 6.07) is 0. The minimum atomic E-state index is -0.797. The molecule has 5 aliphatic rings. The van der Waals surface area contributed by atoms with Crippen LogP contribution in [0, 0.1) is 23.7 Å². The van der Waals surface area contributed by atoms with E-state index in [4.69, 9.17) is 9.47 Å². The van der Waals surface area contributed by atoms with Crippen LogP contribution in [0.5, 0.6) is 0 Å². The van der Waals surface area contributed by atoms with E-state index in [-0.39, 0.29) is 37.4 Å². The van der Waals surface area contributed by atoms with Crippen molar-refractivity contribution in [2.75, 3.05) is 11.5 Å². The maximum atomic E-state index is 12.5. The summed E-state index contributed by atoms with van der Waals surface area (Å²) < 4.78 is 12.3. The minimum absolute atomic E-state index is 0.0681. The maximum absolute atomic E-state index is 12.5. The summed E-state index contributed by atoms with van der Waals surface area (Å²) in [6.45, 7) is 0.831. The molecule has 3 heterocycles. The molecule has 6 unspecified atom stereocenters. The number of hydrogen-bond acceptors (Lipinski definition) is 3. The molecule has 3 aliphatic heterocycles. The van der Waals surface area contributed by atoms with Crippen LogP contribution in [0.25, 0.3) is 0 Å². The van der Waals surface area contributed by atoms with Gasteiger partial charge in [0.15, 0.2) is 0 Å². The Morgan fingerprint density at radius 1 is 1.45 bits per heavy atom. The summed E-state index contributed by atoms with van der Waals surface area (Å²) in [5.74, 6) is 2.89. The summed E-state index contributed by atoms with van der Waals surface area (Å²) in [5, 5.41) is 4.92. The molecule has 0 amide bonds. The number of alkyl halides is 3.